The second-order valence-corrected chi connectivity index (χ2v) is 5.79. The zero-order valence-electron chi connectivity index (χ0n) is 12.5. The summed E-state index contributed by atoms with van der Waals surface area (Å²) in [6.07, 6.45) is 1.51. The number of nitrogens with one attached hydrogen (secondary N) is 1. The predicted octanol–water partition coefficient (Wildman–Crippen LogP) is 1.80. The zero-order chi connectivity index (χ0) is 16.9. The number of amides is 1. The van der Waals surface area contributed by atoms with E-state index < -0.39 is 0 Å². The molecule has 0 fully saturated rings. The number of halogens is 1. The van der Waals surface area contributed by atoms with Gasteiger partial charge in [-0.3, -0.25) is 4.79 Å². The van der Waals surface area contributed by atoms with Crippen LogP contribution < -0.4 is 11.2 Å². The Morgan fingerprint density at radius 1 is 1.29 bits per heavy atom. The largest absolute Gasteiger partial charge is 0.461 e. The number of hydrogen-bond acceptors (Lipinski definition) is 6. The van der Waals surface area contributed by atoms with Gasteiger partial charge in [0.1, 0.15) is 5.82 Å². The van der Waals surface area contributed by atoms with Crippen molar-refractivity contribution in [2.24, 2.45) is 0 Å². The summed E-state index contributed by atoms with van der Waals surface area (Å²) in [4.78, 5) is 11.9. The van der Waals surface area contributed by atoms with Crippen molar-refractivity contribution in [1.29, 1.82) is 0 Å². The van der Waals surface area contributed by atoms with Gasteiger partial charge in [-0.05, 0) is 29.8 Å². The maximum absolute atomic E-state index is 12.8. The van der Waals surface area contributed by atoms with E-state index in [-0.39, 0.29) is 17.5 Å². The average molecular weight is 347 g/mol. The highest BCUT2D eigenvalue weighted by atomic mass is 32.2. The van der Waals surface area contributed by atoms with Crippen molar-refractivity contribution in [2.45, 2.75) is 11.7 Å². The van der Waals surface area contributed by atoms with Crippen molar-refractivity contribution < 1.29 is 13.6 Å². The van der Waals surface area contributed by atoms with E-state index in [1.807, 2.05) is 0 Å². The quantitative estimate of drug-likeness (QED) is 0.521. The van der Waals surface area contributed by atoms with Crippen LogP contribution in [0.15, 0.2) is 52.2 Å². The maximum Gasteiger partial charge on any atom is 0.230 e. The molecule has 0 atom stereocenters. The van der Waals surface area contributed by atoms with E-state index in [4.69, 9.17) is 10.3 Å². The number of benzene rings is 1. The monoisotopic (exact) mass is 347 g/mol. The predicted molar refractivity (Wildman–Crippen MR) is 86.8 cm³/mol. The first-order chi connectivity index (χ1) is 11.6. The molecule has 2 heterocycles. The molecule has 3 rings (SSSR count). The highest BCUT2D eigenvalue weighted by Crippen LogP contribution is 2.21. The number of carbonyl (C=O) groups excluding carboxylic acids is 1. The number of nitrogen functional groups attached to an aromatic ring is 1. The molecule has 1 amide bonds. The molecule has 0 saturated carbocycles. The Bertz CT molecular complexity index is 817. The van der Waals surface area contributed by atoms with Crippen LogP contribution >= 0.6 is 11.8 Å². The molecule has 0 unspecified atom stereocenters. The minimum Gasteiger partial charge on any atom is -0.461 e. The van der Waals surface area contributed by atoms with E-state index in [1.54, 1.807) is 24.3 Å². The third-order valence-electron chi connectivity index (χ3n) is 3.14. The number of rotatable bonds is 6. The average Bonchev–Trinajstić information content (AvgIpc) is 3.22. The van der Waals surface area contributed by atoms with Crippen LogP contribution in [-0.4, -0.2) is 26.5 Å². The number of thioether (sulfide) groups is 1. The van der Waals surface area contributed by atoms with Crippen LogP contribution in [0.3, 0.4) is 0 Å². The summed E-state index contributed by atoms with van der Waals surface area (Å²) in [6, 6.07) is 9.38. The Kier molecular flexibility index (Phi) is 4.80. The van der Waals surface area contributed by atoms with E-state index in [0.717, 1.165) is 17.3 Å². The topological polar surface area (TPSA) is 99.0 Å². The molecule has 124 valence electrons. The maximum atomic E-state index is 12.8. The summed E-state index contributed by atoms with van der Waals surface area (Å²) < 4.78 is 19.3. The summed E-state index contributed by atoms with van der Waals surface area (Å²) in [7, 11) is 0. The van der Waals surface area contributed by atoms with Gasteiger partial charge in [-0.1, -0.05) is 23.9 Å². The molecular weight excluding hydrogens is 333 g/mol. The Balaban J connectivity index is 1.52. The molecule has 0 spiro atoms. The van der Waals surface area contributed by atoms with Gasteiger partial charge in [0.2, 0.25) is 16.9 Å². The summed E-state index contributed by atoms with van der Waals surface area (Å²) >= 11 is 1.16. The van der Waals surface area contributed by atoms with E-state index in [9.17, 15) is 9.18 Å². The van der Waals surface area contributed by atoms with Crippen LogP contribution in [0, 0.1) is 5.82 Å². The summed E-state index contributed by atoms with van der Waals surface area (Å²) in [5.74, 6) is 6.42. The lowest BCUT2D eigenvalue weighted by molar-refractivity contribution is -0.118. The molecule has 0 aliphatic heterocycles. The number of aromatic nitrogens is 3. The first-order valence-electron chi connectivity index (χ1n) is 7.02. The fourth-order valence-electron chi connectivity index (χ4n) is 1.93. The van der Waals surface area contributed by atoms with Gasteiger partial charge < -0.3 is 15.6 Å². The van der Waals surface area contributed by atoms with E-state index >= 15 is 0 Å². The first kappa shape index (κ1) is 16.1. The third-order valence-corrected chi connectivity index (χ3v) is 4.08. The number of nitrogens with zero attached hydrogens (tertiary/aromatic N) is 3. The Labute approximate surface area is 141 Å². The molecule has 1 aromatic carbocycles. The van der Waals surface area contributed by atoms with Crippen LogP contribution in [0.25, 0.3) is 11.6 Å². The standard InChI is InChI=1S/C15H14FN5O2S/c16-11-5-3-10(4-6-11)8-18-13(22)9-24-15-20-19-14(21(15)17)12-2-1-7-23-12/h1-7H,8-9,17H2,(H,18,22). The molecule has 0 aliphatic rings. The molecule has 0 aliphatic carbocycles. The minimum atomic E-state index is -0.310. The van der Waals surface area contributed by atoms with Gasteiger partial charge in [0.15, 0.2) is 5.76 Å². The van der Waals surface area contributed by atoms with Crippen molar-refractivity contribution in [2.75, 3.05) is 11.6 Å². The molecule has 24 heavy (non-hydrogen) atoms. The van der Waals surface area contributed by atoms with Crippen molar-refractivity contribution in [3.63, 3.8) is 0 Å². The fourth-order valence-corrected chi connectivity index (χ4v) is 2.62. The number of nitrogens with two attached hydrogens (primary N) is 1. The van der Waals surface area contributed by atoms with Gasteiger partial charge >= 0.3 is 0 Å². The lowest BCUT2D eigenvalue weighted by Gasteiger charge is -2.05. The van der Waals surface area contributed by atoms with Crippen molar-refractivity contribution in [3.8, 4) is 11.6 Å². The van der Waals surface area contributed by atoms with Crippen LogP contribution in [0.2, 0.25) is 0 Å². The van der Waals surface area contributed by atoms with Gasteiger partial charge in [0.05, 0.1) is 12.0 Å². The highest BCUT2D eigenvalue weighted by Gasteiger charge is 2.15. The number of carbonyl (C=O) groups is 1. The fraction of sp³-hybridized carbons (Fsp3) is 0.133. The highest BCUT2D eigenvalue weighted by molar-refractivity contribution is 7.99. The van der Waals surface area contributed by atoms with E-state index in [2.05, 4.69) is 15.5 Å². The third kappa shape index (κ3) is 3.74. The van der Waals surface area contributed by atoms with Gasteiger partial charge in [-0.25, -0.2) is 9.07 Å². The zero-order valence-corrected chi connectivity index (χ0v) is 13.3. The number of hydrogen-bond donors (Lipinski definition) is 2. The second kappa shape index (κ2) is 7.18. The first-order valence-corrected chi connectivity index (χ1v) is 8.00. The molecule has 0 radical (unpaired) electrons. The van der Waals surface area contributed by atoms with Gasteiger partial charge in [-0.2, -0.15) is 0 Å². The van der Waals surface area contributed by atoms with Gasteiger partial charge in [0, 0.05) is 6.54 Å². The van der Waals surface area contributed by atoms with Crippen molar-refractivity contribution in [3.05, 3.63) is 54.0 Å². The Morgan fingerprint density at radius 3 is 2.79 bits per heavy atom. The van der Waals surface area contributed by atoms with Gasteiger partial charge in [0.25, 0.3) is 0 Å². The lowest BCUT2D eigenvalue weighted by Crippen LogP contribution is -2.25. The Morgan fingerprint density at radius 2 is 2.08 bits per heavy atom. The van der Waals surface area contributed by atoms with Crippen LogP contribution in [-0.2, 0) is 11.3 Å². The van der Waals surface area contributed by atoms with Crippen LogP contribution in [0.1, 0.15) is 5.56 Å². The summed E-state index contributed by atoms with van der Waals surface area (Å²) in [5, 5.41) is 11.0. The van der Waals surface area contributed by atoms with E-state index in [0.29, 0.717) is 23.3 Å². The SMILES string of the molecule is Nn1c(SCC(=O)NCc2ccc(F)cc2)nnc1-c1ccco1. The van der Waals surface area contributed by atoms with Gasteiger partial charge in [-0.15, -0.1) is 10.2 Å². The Hall–Kier alpha value is -2.81. The normalized spacial score (nSPS) is 10.7. The molecular formula is C15H14FN5O2S. The van der Waals surface area contributed by atoms with E-state index in [1.165, 1.54) is 23.1 Å². The van der Waals surface area contributed by atoms with Crippen molar-refractivity contribution >= 4 is 17.7 Å². The van der Waals surface area contributed by atoms with Crippen LogP contribution in [0.5, 0.6) is 0 Å². The molecule has 0 bridgehead atoms. The molecule has 2 aromatic heterocycles. The second-order valence-electron chi connectivity index (χ2n) is 4.85. The summed E-state index contributed by atoms with van der Waals surface area (Å²) in [6.45, 7) is 0.326. The minimum absolute atomic E-state index is 0.134. The van der Waals surface area contributed by atoms with Crippen LogP contribution in [0.4, 0.5) is 4.39 Å². The molecule has 3 N–H and O–H groups in total. The summed E-state index contributed by atoms with van der Waals surface area (Å²) in [5.41, 5.74) is 0.817. The molecule has 7 nitrogen and oxygen atoms in total. The smallest absolute Gasteiger partial charge is 0.230 e. The molecule has 9 heteroatoms. The molecule has 3 aromatic rings. The molecule has 0 saturated heterocycles. The lowest BCUT2D eigenvalue weighted by atomic mass is 10.2. The number of furan rings is 1. The van der Waals surface area contributed by atoms with Crippen molar-refractivity contribution in [1.82, 2.24) is 20.2 Å².